The molecule has 1 fully saturated rings. The zero-order valence-electron chi connectivity index (χ0n) is 9.45. The molecule has 0 aromatic rings. The van der Waals surface area contributed by atoms with Gasteiger partial charge in [-0.1, -0.05) is 12.2 Å². The molecule has 2 atom stereocenters. The van der Waals surface area contributed by atoms with Crippen LogP contribution in [0.3, 0.4) is 0 Å². The Morgan fingerprint density at radius 1 is 1.44 bits per heavy atom. The number of rotatable bonds is 6. The molecule has 1 heterocycles. The molecule has 5 heteroatoms. The van der Waals surface area contributed by atoms with Crippen LogP contribution >= 0.6 is 12.2 Å². The molecular weight excluding hydrogens is 224 g/mol. The monoisotopic (exact) mass is 242 g/mol. The molecule has 16 heavy (non-hydrogen) atoms. The molecule has 0 aliphatic carbocycles. The zero-order chi connectivity index (χ0) is 12.1. The van der Waals surface area contributed by atoms with E-state index in [-0.39, 0.29) is 18.5 Å². The first-order valence-electron chi connectivity index (χ1n) is 5.47. The van der Waals surface area contributed by atoms with Gasteiger partial charge in [0.1, 0.15) is 0 Å². The molecule has 0 aromatic carbocycles. The predicted octanol–water partition coefficient (Wildman–Crippen LogP) is 1.42. The number of hydrogen-bond donors (Lipinski definition) is 3. The number of thiocarbonyl (C=S) groups is 1. The van der Waals surface area contributed by atoms with Crippen molar-refractivity contribution in [2.75, 3.05) is 0 Å². The summed E-state index contributed by atoms with van der Waals surface area (Å²) in [6.45, 7) is 6.08. The lowest BCUT2D eigenvalue weighted by Gasteiger charge is -2.17. The van der Waals surface area contributed by atoms with Crippen molar-refractivity contribution in [3.63, 3.8) is 0 Å². The lowest BCUT2D eigenvalue weighted by molar-refractivity contribution is -0.137. The molecule has 0 spiro atoms. The third-order valence-corrected chi connectivity index (χ3v) is 2.96. The Morgan fingerprint density at radius 3 is 2.56 bits per heavy atom. The lowest BCUT2D eigenvalue weighted by Crippen LogP contribution is -2.32. The molecule has 0 aromatic heterocycles. The standard InChI is InChI=1S/C11H18N2O2S/c1-7(5-3-4-6-9(14)15)10-8(2)12-11(16)13-10/h8,10H,1,3-6H2,2H3,(H,14,15)(H2,12,13,16). The summed E-state index contributed by atoms with van der Waals surface area (Å²) in [4.78, 5) is 10.3. The summed E-state index contributed by atoms with van der Waals surface area (Å²) >= 11 is 5.02. The van der Waals surface area contributed by atoms with Crippen LogP contribution in [0.1, 0.15) is 32.6 Å². The molecule has 90 valence electrons. The Labute approximate surface area is 101 Å². The van der Waals surface area contributed by atoms with Gasteiger partial charge in [-0.3, -0.25) is 4.79 Å². The highest BCUT2D eigenvalue weighted by molar-refractivity contribution is 7.80. The highest BCUT2D eigenvalue weighted by Gasteiger charge is 2.27. The molecule has 0 amide bonds. The number of nitrogens with one attached hydrogen (secondary N) is 2. The van der Waals surface area contributed by atoms with Crippen LogP contribution < -0.4 is 10.6 Å². The van der Waals surface area contributed by atoms with Crippen molar-refractivity contribution in [1.29, 1.82) is 0 Å². The zero-order valence-corrected chi connectivity index (χ0v) is 10.3. The van der Waals surface area contributed by atoms with Gasteiger partial charge in [-0.15, -0.1) is 0 Å². The molecule has 4 nitrogen and oxygen atoms in total. The van der Waals surface area contributed by atoms with Crippen molar-refractivity contribution in [2.45, 2.75) is 44.7 Å². The minimum absolute atomic E-state index is 0.178. The van der Waals surface area contributed by atoms with Crippen molar-refractivity contribution in [2.24, 2.45) is 0 Å². The normalized spacial score (nSPS) is 23.7. The maximum absolute atomic E-state index is 10.3. The van der Waals surface area contributed by atoms with Gasteiger partial charge in [-0.05, 0) is 38.4 Å². The van der Waals surface area contributed by atoms with E-state index >= 15 is 0 Å². The quantitative estimate of drug-likeness (QED) is 0.373. The third-order valence-electron chi connectivity index (χ3n) is 2.72. The van der Waals surface area contributed by atoms with Crippen molar-refractivity contribution < 1.29 is 9.90 Å². The van der Waals surface area contributed by atoms with Crippen LogP contribution in [-0.4, -0.2) is 28.3 Å². The van der Waals surface area contributed by atoms with Crippen LogP contribution in [0.4, 0.5) is 0 Å². The van der Waals surface area contributed by atoms with Crippen LogP contribution in [0.2, 0.25) is 0 Å². The summed E-state index contributed by atoms with van der Waals surface area (Å²) in [6, 6.07) is 0.441. The predicted molar refractivity (Wildman–Crippen MR) is 67.4 cm³/mol. The van der Waals surface area contributed by atoms with Gasteiger partial charge in [0.25, 0.3) is 0 Å². The van der Waals surface area contributed by atoms with Crippen LogP contribution in [0.15, 0.2) is 12.2 Å². The van der Waals surface area contributed by atoms with E-state index in [1.165, 1.54) is 0 Å². The van der Waals surface area contributed by atoms with E-state index in [0.717, 1.165) is 18.4 Å². The van der Waals surface area contributed by atoms with Crippen molar-refractivity contribution in [1.82, 2.24) is 10.6 Å². The first kappa shape index (κ1) is 13.0. The number of hydrogen-bond acceptors (Lipinski definition) is 2. The first-order chi connectivity index (χ1) is 7.50. The fraction of sp³-hybridized carbons (Fsp3) is 0.636. The Balaban J connectivity index is 2.25. The molecule has 2 unspecified atom stereocenters. The summed E-state index contributed by atoms with van der Waals surface area (Å²) in [6.07, 6.45) is 2.65. The molecule has 0 saturated carbocycles. The summed E-state index contributed by atoms with van der Waals surface area (Å²) in [5.74, 6) is -0.735. The average molecular weight is 242 g/mol. The van der Waals surface area contributed by atoms with Gasteiger partial charge in [0, 0.05) is 12.5 Å². The molecular formula is C11H18N2O2S. The van der Waals surface area contributed by atoms with E-state index in [1.54, 1.807) is 0 Å². The molecule has 0 radical (unpaired) electrons. The van der Waals surface area contributed by atoms with Crippen molar-refractivity contribution in [3.05, 3.63) is 12.2 Å². The van der Waals surface area contributed by atoms with E-state index in [2.05, 4.69) is 24.1 Å². The molecule has 1 rings (SSSR count). The smallest absolute Gasteiger partial charge is 0.303 e. The topological polar surface area (TPSA) is 61.4 Å². The van der Waals surface area contributed by atoms with E-state index in [4.69, 9.17) is 17.3 Å². The van der Waals surface area contributed by atoms with Gasteiger partial charge < -0.3 is 15.7 Å². The summed E-state index contributed by atoms with van der Waals surface area (Å²) in [5, 5.41) is 15.5. The van der Waals surface area contributed by atoms with E-state index in [0.29, 0.717) is 11.5 Å². The van der Waals surface area contributed by atoms with Gasteiger partial charge >= 0.3 is 5.97 Å². The highest BCUT2D eigenvalue weighted by Crippen LogP contribution is 2.16. The summed E-state index contributed by atoms with van der Waals surface area (Å²) in [5.41, 5.74) is 1.09. The third kappa shape index (κ3) is 3.81. The SMILES string of the molecule is C=C(CCCCC(=O)O)C1NC(=S)NC1C. The van der Waals surface area contributed by atoms with E-state index in [1.807, 2.05) is 0 Å². The highest BCUT2D eigenvalue weighted by atomic mass is 32.1. The van der Waals surface area contributed by atoms with Crippen LogP contribution in [0.25, 0.3) is 0 Å². The molecule has 1 aliphatic rings. The fourth-order valence-corrected chi connectivity index (χ4v) is 2.15. The van der Waals surface area contributed by atoms with Gasteiger partial charge in [-0.2, -0.15) is 0 Å². The van der Waals surface area contributed by atoms with E-state index in [9.17, 15) is 4.79 Å². The maximum Gasteiger partial charge on any atom is 0.303 e. The minimum Gasteiger partial charge on any atom is -0.481 e. The van der Waals surface area contributed by atoms with E-state index < -0.39 is 5.97 Å². The maximum atomic E-state index is 10.3. The average Bonchev–Trinajstić information content (AvgIpc) is 2.52. The number of carbonyl (C=O) groups is 1. The second-order valence-corrected chi connectivity index (χ2v) is 4.55. The largest absolute Gasteiger partial charge is 0.481 e. The van der Waals surface area contributed by atoms with Gasteiger partial charge in [-0.25, -0.2) is 0 Å². The molecule has 1 aliphatic heterocycles. The molecule has 0 bridgehead atoms. The first-order valence-corrected chi connectivity index (χ1v) is 5.88. The van der Waals surface area contributed by atoms with Gasteiger partial charge in [0.2, 0.25) is 0 Å². The number of aliphatic carboxylic acids is 1. The Bertz CT molecular complexity index is 304. The van der Waals surface area contributed by atoms with Gasteiger partial charge in [0.15, 0.2) is 5.11 Å². The minimum atomic E-state index is -0.735. The second-order valence-electron chi connectivity index (χ2n) is 4.14. The Hall–Kier alpha value is -1.10. The van der Waals surface area contributed by atoms with Crippen LogP contribution in [-0.2, 0) is 4.79 Å². The Kier molecular flexibility index (Phi) is 4.73. The van der Waals surface area contributed by atoms with Crippen LogP contribution in [0, 0.1) is 0 Å². The second kappa shape index (κ2) is 5.84. The molecule has 3 N–H and O–H groups in total. The summed E-state index contributed by atoms with van der Waals surface area (Å²) < 4.78 is 0. The number of unbranched alkanes of at least 4 members (excludes halogenated alkanes) is 1. The fourth-order valence-electron chi connectivity index (χ4n) is 1.84. The van der Waals surface area contributed by atoms with Gasteiger partial charge in [0.05, 0.1) is 6.04 Å². The Morgan fingerprint density at radius 2 is 2.06 bits per heavy atom. The number of carboxylic acids is 1. The number of carboxylic acid groups (broad SMARTS) is 1. The van der Waals surface area contributed by atoms with Crippen molar-refractivity contribution in [3.8, 4) is 0 Å². The van der Waals surface area contributed by atoms with Crippen molar-refractivity contribution >= 4 is 23.3 Å². The summed E-state index contributed by atoms with van der Waals surface area (Å²) in [7, 11) is 0. The lowest BCUT2D eigenvalue weighted by atomic mass is 9.98. The van der Waals surface area contributed by atoms with Crippen LogP contribution in [0.5, 0.6) is 0 Å². The molecule has 1 saturated heterocycles.